The Labute approximate surface area is 113 Å². The highest BCUT2D eigenvalue weighted by molar-refractivity contribution is 6.28. The van der Waals surface area contributed by atoms with E-state index in [-0.39, 0.29) is 22.5 Å². The minimum absolute atomic E-state index is 0.0202. The Morgan fingerprint density at radius 3 is 2.95 bits per heavy atom. The second-order valence-corrected chi connectivity index (χ2v) is 4.10. The second kappa shape index (κ2) is 5.61. The van der Waals surface area contributed by atoms with Crippen LogP contribution in [0.5, 0.6) is 0 Å². The molecule has 0 fully saturated rings. The lowest BCUT2D eigenvalue weighted by Gasteiger charge is -2.08. The van der Waals surface area contributed by atoms with E-state index < -0.39 is 4.92 Å². The fraction of sp³-hybridized carbons (Fsp3) is 0.300. The molecule has 1 N–H and O–H groups in total. The van der Waals surface area contributed by atoms with Crippen molar-refractivity contribution in [3.8, 4) is 0 Å². The average Bonchev–Trinajstić information content (AvgIpc) is 2.80. The largest absolute Gasteiger partial charge is 0.362 e. The van der Waals surface area contributed by atoms with Gasteiger partial charge in [0.15, 0.2) is 0 Å². The molecule has 2 aromatic rings. The molecule has 0 saturated heterocycles. The van der Waals surface area contributed by atoms with Crippen LogP contribution in [0.15, 0.2) is 18.7 Å². The lowest BCUT2D eigenvalue weighted by Crippen LogP contribution is -2.13. The molecule has 0 atom stereocenters. The van der Waals surface area contributed by atoms with Crippen LogP contribution in [0.3, 0.4) is 0 Å². The summed E-state index contributed by atoms with van der Waals surface area (Å²) < 4.78 is 1.84. The van der Waals surface area contributed by atoms with Gasteiger partial charge in [0.05, 0.1) is 11.3 Å². The van der Waals surface area contributed by atoms with Crippen molar-refractivity contribution in [2.24, 2.45) is 0 Å². The summed E-state index contributed by atoms with van der Waals surface area (Å²) in [6, 6.07) is 0. The number of nitrogens with zero attached hydrogens (tertiary/aromatic N) is 5. The van der Waals surface area contributed by atoms with E-state index in [1.807, 2.05) is 4.57 Å². The Bertz CT molecular complexity index is 586. The molecule has 9 heteroatoms. The standard InChI is InChI=1S/C10H11ClN6O2/c1-7-8(17(18)19)9(15-10(11)14-7)13-3-5-16-4-2-12-6-16/h2,4,6H,3,5H2,1H3,(H,13,14,15). The molecule has 2 rings (SSSR count). The fourth-order valence-electron chi connectivity index (χ4n) is 1.60. The van der Waals surface area contributed by atoms with Gasteiger partial charge in [-0.25, -0.2) is 9.97 Å². The molecule has 0 aliphatic rings. The summed E-state index contributed by atoms with van der Waals surface area (Å²) >= 11 is 5.71. The first-order valence-corrected chi connectivity index (χ1v) is 5.84. The molecule has 8 nitrogen and oxygen atoms in total. The Balaban J connectivity index is 2.12. The van der Waals surface area contributed by atoms with Crippen LogP contribution in [0, 0.1) is 17.0 Å². The molecule has 100 valence electrons. The van der Waals surface area contributed by atoms with Crippen molar-refractivity contribution in [1.82, 2.24) is 19.5 Å². The summed E-state index contributed by atoms with van der Waals surface area (Å²) in [5.41, 5.74) is 0.0742. The Morgan fingerprint density at radius 2 is 2.32 bits per heavy atom. The van der Waals surface area contributed by atoms with Crippen molar-refractivity contribution in [1.29, 1.82) is 0 Å². The summed E-state index contributed by atoms with van der Waals surface area (Å²) in [6.07, 6.45) is 5.12. The third-order valence-corrected chi connectivity index (χ3v) is 2.60. The summed E-state index contributed by atoms with van der Waals surface area (Å²) in [5, 5.41) is 13.8. The van der Waals surface area contributed by atoms with Gasteiger partial charge < -0.3 is 9.88 Å². The van der Waals surface area contributed by atoms with Gasteiger partial charge in [0.2, 0.25) is 11.1 Å². The van der Waals surface area contributed by atoms with E-state index in [0.717, 1.165) is 0 Å². The van der Waals surface area contributed by atoms with Gasteiger partial charge in [-0.15, -0.1) is 0 Å². The monoisotopic (exact) mass is 282 g/mol. The van der Waals surface area contributed by atoms with Crippen molar-refractivity contribution in [3.05, 3.63) is 39.8 Å². The van der Waals surface area contributed by atoms with Crippen molar-refractivity contribution < 1.29 is 4.92 Å². The molecule has 0 bridgehead atoms. The van der Waals surface area contributed by atoms with Gasteiger partial charge in [0.25, 0.3) is 0 Å². The molecule has 0 amide bonds. The lowest BCUT2D eigenvalue weighted by atomic mass is 10.3. The predicted molar refractivity (Wildman–Crippen MR) is 69.2 cm³/mol. The van der Waals surface area contributed by atoms with Crippen LogP contribution in [-0.2, 0) is 6.54 Å². The van der Waals surface area contributed by atoms with Crippen LogP contribution in [0.4, 0.5) is 11.5 Å². The summed E-state index contributed by atoms with van der Waals surface area (Å²) in [6.45, 7) is 2.59. The molecule has 19 heavy (non-hydrogen) atoms. The number of nitro groups is 1. The number of hydrogen-bond donors (Lipinski definition) is 1. The first-order chi connectivity index (χ1) is 9.08. The van der Waals surface area contributed by atoms with Gasteiger partial charge in [-0.1, -0.05) is 0 Å². The first-order valence-electron chi connectivity index (χ1n) is 5.46. The number of aromatic nitrogens is 4. The normalized spacial score (nSPS) is 10.4. The molecular formula is C10H11ClN6O2. The molecule has 0 aromatic carbocycles. The molecule has 2 aromatic heterocycles. The number of anilines is 1. The molecule has 0 aliphatic carbocycles. The third kappa shape index (κ3) is 3.16. The van der Waals surface area contributed by atoms with E-state index in [0.29, 0.717) is 13.1 Å². The van der Waals surface area contributed by atoms with E-state index >= 15 is 0 Å². The smallest absolute Gasteiger partial charge is 0.332 e. The highest BCUT2D eigenvalue weighted by Crippen LogP contribution is 2.26. The van der Waals surface area contributed by atoms with Crippen molar-refractivity contribution in [2.45, 2.75) is 13.5 Å². The Morgan fingerprint density at radius 1 is 1.53 bits per heavy atom. The van der Waals surface area contributed by atoms with Gasteiger partial charge in [0, 0.05) is 25.5 Å². The second-order valence-electron chi connectivity index (χ2n) is 3.76. The minimum Gasteiger partial charge on any atom is -0.362 e. The van der Waals surface area contributed by atoms with Gasteiger partial charge in [-0.3, -0.25) is 10.1 Å². The maximum absolute atomic E-state index is 11.0. The zero-order valence-electron chi connectivity index (χ0n) is 10.1. The highest BCUT2D eigenvalue weighted by atomic mass is 35.5. The van der Waals surface area contributed by atoms with Gasteiger partial charge in [0.1, 0.15) is 5.69 Å². The molecule has 0 radical (unpaired) electrons. The van der Waals surface area contributed by atoms with Crippen LogP contribution in [0.1, 0.15) is 5.69 Å². The summed E-state index contributed by atoms with van der Waals surface area (Å²) in [7, 11) is 0. The van der Waals surface area contributed by atoms with E-state index in [9.17, 15) is 10.1 Å². The van der Waals surface area contributed by atoms with Crippen LogP contribution in [-0.4, -0.2) is 31.0 Å². The third-order valence-electron chi connectivity index (χ3n) is 2.44. The van der Waals surface area contributed by atoms with E-state index in [1.54, 1.807) is 18.7 Å². The lowest BCUT2D eigenvalue weighted by molar-refractivity contribution is -0.385. The zero-order valence-corrected chi connectivity index (χ0v) is 10.8. The van der Waals surface area contributed by atoms with E-state index in [1.165, 1.54) is 6.92 Å². The summed E-state index contributed by atoms with van der Waals surface area (Å²) in [4.78, 5) is 22.0. The number of rotatable bonds is 5. The van der Waals surface area contributed by atoms with Gasteiger partial charge in [-0.2, -0.15) is 4.98 Å². The number of nitrogens with one attached hydrogen (secondary N) is 1. The maximum atomic E-state index is 11.0. The quantitative estimate of drug-likeness (QED) is 0.508. The zero-order chi connectivity index (χ0) is 13.8. The van der Waals surface area contributed by atoms with Crippen LogP contribution in [0.25, 0.3) is 0 Å². The first kappa shape index (κ1) is 13.2. The summed E-state index contributed by atoms with van der Waals surface area (Å²) in [5.74, 6) is 0.127. The molecule has 0 unspecified atom stereocenters. The Kier molecular flexibility index (Phi) is 3.91. The van der Waals surface area contributed by atoms with Crippen molar-refractivity contribution >= 4 is 23.1 Å². The van der Waals surface area contributed by atoms with E-state index in [2.05, 4.69) is 20.3 Å². The molecule has 0 spiro atoms. The molecule has 0 aliphatic heterocycles. The Hall–Kier alpha value is -2.22. The molecular weight excluding hydrogens is 272 g/mol. The number of hydrogen-bond acceptors (Lipinski definition) is 6. The minimum atomic E-state index is -0.523. The van der Waals surface area contributed by atoms with Gasteiger partial charge in [-0.05, 0) is 18.5 Å². The van der Waals surface area contributed by atoms with Crippen LogP contribution < -0.4 is 5.32 Å². The average molecular weight is 283 g/mol. The molecule has 0 saturated carbocycles. The van der Waals surface area contributed by atoms with Gasteiger partial charge >= 0.3 is 5.69 Å². The predicted octanol–water partition coefficient (Wildman–Crippen LogP) is 1.66. The number of imidazole rings is 1. The number of aryl methyl sites for hydroxylation is 1. The van der Waals surface area contributed by atoms with Crippen molar-refractivity contribution in [2.75, 3.05) is 11.9 Å². The fourth-order valence-corrected chi connectivity index (χ4v) is 1.81. The SMILES string of the molecule is Cc1nc(Cl)nc(NCCn2ccnc2)c1[N+](=O)[O-]. The van der Waals surface area contributed by atoms with Crippen molar-refractivity contribution in [3.63, 3.8) is 0 Å². The molecule has 2 heterocycles. The van der Waals surface area contributed by atoms with Crippen LogP contribution >= 0.6 is 11.6 Å². The topological polar surface area (TPSA) is 98.8 Å². The maximum Gasteiger partial charge on any atom is 0.332 e. The van der Waals surface area contributed by atoms with Crippen LogP contribution in [0.2, 0.25) is 5.28 Å². The highest BCUT2D eigenvalue weighted by Gasteiger charge is 2.21. The van der Waals surface area contributed by atoms with E-state index in [4.69, 9.17) is 11.6 Å². The number of halogens is 1.